The Morgan fingerprint density at radius 3 is 2.56 bits per heavy atom. The van der Waals surface area contributed by atoms with Crippen molar-refractivity contribution < 1.29 is 32.3 Å². The molecule has 2 heterocycles. The van der Waals surface area contributed by atoms with Crippen molar-refractivity contribution in [3.8, 4) is 0 Å². The fourth-order valence-electron chi connectivity index (χ4n) is 2.84. The second kappa shape index (κ2) is 9.53. The molecule has 0 radical (unpaired) electrons. The Morgan fingerprint density at radius 2 is 1.94 bits per heavy atom. The molecule has 2 amide bonds. The lowest BCUT2D eigenvalue weighted by molar-refractivity contribution is -0.267. The lowest BCUT2D eigenvalue weighted by Gasteiger charge is -2.27. The van der Waals surface area contributed by atoms with Crippen LogP contribution in [-0.4, -0.2) is 28.1 Å². The second-order valence-corrected chi connectivity index (χ2v) is 7.93. The monoisotopic (exact) mass is 467 g/mol. The van der Waals surface area contributed by atoms with Gasteiger partial charge in [0.2, 0.25) is 11.5 Å². The third-order valence-corrected chi connectivity index (χ3v) is 5.65. The Balaban J connectivity index is 1.61. The number of furan rings is 1. The molecule has 2 aromatic heterocycles. The van der Waals surface area contributed by atoms with Gasteiger partial charge in [0.05, 0.1) is 19.2 Å². The van der Waals surface area contributed by atoms with Gasteiger partial charge < -0.3 is 20.2 Å². The number of amides is 2. The number of benzene rings is 1. The summed E-state index contributed by atoms with van der Waals surface area (Å²) in [6.07, 6.45) is -4.83. The number of aromatic nitrogens is 1. The van der Waals surface area contributed by atoms with E-state index in [1.807, 2.05) is 0 Å². The van der Waals surface area contributed by atoms with Gasteiger partial charge in [-0.2, -0.15) is 13.2 Å². The van der Waals surface area contributed by atoms with Crippen LogP contribution < -0.4 is 10.6 Å². The first-order chi connectivity index (χ1) is 15.1. The zero-order valence-corrected chi connectivity index (χ0v) is 17.7. The van der Waals surface area contributed by atoms with Crippen LogP contribution >= 0.6 is 11.3 Å². The molecule has 7 nitrogen and oxygen atoms in total. The van der Waals surface area contributed by atoms with E-state index in [2.05, 4.69) is 15.6 Å². The third kappa shape index (κ3) is 5.54. The van der Waals surface area contributed by atoms with Crippen LogP contribution in [0.5, 0.6) is 0 Å². The molecule has 11 heteroatoms. The fraction of sp³-hybridized carbons (Fsp3) is 0.286. The largest absolute Gasteiger partial charge is 0.467 e. The summed E-state index contributed by atoms with van der Waals surface area (Å²) in [5, 5.41) is 16.1. The van der Waals surface area contributed by atoms with Crippen molar-refractivity contribution in [3.05, 3.63) is 75.6 Å². The van der Waals surface area contributed by atoms with Gasteiger partial charge in [-0.25, -0.2) is 4.98 Å². The summed E-state index contributed by atoms with van der Waals surface area (Å²) in [6, 6.07) is 9.69. The molecule has 0 aliphatic rings. The van der Waals surface area contributed by atoms with Gasteiger partial charge in [-0.05, 0) is 36.8 Å². The lowest BCUT2D eigenvalue weighted by Crippen LogP contribution is -2.46. The number of carbonyl (C=O) groups excluding carboxylic acids is 2. The van der Waals surface area contributed by atoms with Crippen molar-refractivity contribution in [2.45, 2.75) is 38.2 Å². The molecule has 1 aromatic carbocycles. The van der Waals surface area contributed by atoms with E-state index in [0.29, 0.717) is 33.9 Å². The standard InChI is InChI=1S/C21H20F3N3O4S/c1-13-12-32-19(27-13)20(30,21(22,23)24)9-17(28)25-10-14-4-2-5-15(8-14)18(29)26-11-16-6-3-7-31-16/h2-8,12,30H,9-11H2,1H3,(H,25,28)(H,26,29). The molecule has 0 aliphatic heterocycles. The van der Waals surface area contributed by atoms with Gasteiger partial charge in [0.1, 0.15) is 10.8 Å². The number of rotatable bonds is 8. The van der Waals surface area contributed by atoms with Crippen molar-refractivity contribution in [1.29, 1.82) is 0 Å². The molecular formula is C21H20F3N3O4S. The van der Waals surface area contributed by atoms with Gasteiger partial charge in [0, 0.05) is 23.2 Å². The van der Waals surface area contributed by atoms with Crippen molar-refractivity contribution >= 4 is 23.2 Å². The summed E-state index contributed by atoms with van der Waals surface area (Å²) in [6.45, 7) is 1.57. The van der Waals surface area contributed by atoms with E-state index in [-0.39, 0.29) is 19.0 Å². The van der Waals surface area contributed by atoms with Crippen molar-refractivity contribution in [2.24, 2.45) is 0 Å². The van der Waals surface area contributed by atoms with Gasteiger partial charge in [-0.3, -0.25) is 9.59 Å². The van der Waals surface area contributed by atoms with E-state index in [4.69, 9.17) is 4.42 Å². The summed E-state index contributed by atoms with van der Waals surface area (Å²) in [5.74, 6) is -0.806. The second-order valence-electron chi connectivity index (χ2n) is 7.07. The number of hydrogen-bond acceptors (Lipinski definition) is 6. The highest BCUT2D eigenvalue weighted by molar-refractivity contribution is 7.09. The fourth-order valence-corrected chi connectivity index (χ4v) is 3.76. The number of alkyl halides is 3. The molecule has 0 fully saturated rings. The van der Waals surface area contributed by atoms with Crippen LogP contribution in [0.1, 0.15) is 38.8 Å². The number of halogens is 3. The Hall–Kier alpha value is -3.18. The highest BCUT2D eigenvalue weighted by Crippen LogP contribution is 2.42. The maximum Gasteiger partial charge on any atom is 0.424 e. The van der Waals surface area contributed by atoms with Crippen LogP contribution in [0.2, 0.25) is 0 Å². The smallest absolute Gasteiger partial charge is 0.424 e. The number of nitrogens with one attached hydrogen (secondary N) is 2. The predicted molar refractivity (Wildman–Crippen MR) is 110 cm³/mol. The maximum absolute atomic E-state index is 13.5. The first-order valence-corrected chi connectivity index (χ1v) is 10.3. The number of thiazole rings is 1. The van der Waals surface area contributed by atoms with Crippen molar-refractivity contribution in [3.63, 3.8) is 0 Å². The highest BCUT2D eigenvalue weighted by Gasteiger charge is 2.58. The normalized spacial score (nSPS) is 13.4. The molecule has 0 saturated heterocycles. The summed E-state index contributed by atoms with van der Waals surface area (Å²) in [7, 11) is 0. The zero-order chi connectivity index (χ0) is 23.4. The minimum Gasteiger partial charge on any atom is -0.467 e. The highest BCUT2D eigenvalue weighted by atomic mass is 32.1. The molecular weight excluding hydrogens is 447 g/mol. The topological polar surface area (TPSA) is 104 Å². The summed E-state index contributed by atoms with van der Waals surface area (Å²) in [4.78, 5) is 28.2. The minimum atomic E-state index is -5.08. The van der Waals surface area contributed by atoms with Gasteiger partial charge in [0.15, 0.2) is 0 Å². The Bertz CT molecular complexity index is 1080. The van der Waals surface area contributed by atoms with Crippen LogP contribution in [0.25, 0.3) is 0 Å². The predicted octanol–water partition coefficient (Wildman–Crippen LogP) is 3.43. The molecule has 0 saturated carbocycles. The summed E-state index contributed by atoms with van der Waals surface area (Å²) >= 11 is 0.636. The van der Waals surface area contributed by atoms with E-state index in [9.17, 15) is 27.9 Å². The Kier molecular flexibility index (Phi) is 6.99. The van der Waals surface area contributed by atoms with Gasteiger partial charge >= 0.3 is 6.18 Å². The number of hydrogen-bond donors (Lipinski definition) is 3. The maximum atomic E-state index is 13.5. The molecule has 1 unspecified atom stereocenters. The number of carbonyl (C=O) groups is 2. The Morgan fingerprint density at radius 1 is 1.16 bits per heavy atom. The third-order valence-electron chi connectivity index (χ3n) is 4.54. The molecule has 32 heavy (non-hydrogen) atoms. The van der Waals surface area contributed by atoms with E-state index in [1.54, 1.807) is 30.3 Å². The molecule has 0 spiro atoms. The first-order valence-electron chi connectivity index (χ1n) is 9.46. The molecule has 1 atom stereocenters. The van der Waals surface area contributed by atoms with Crippen LogP contribution in [-0.2, 0) is 23.5 Å². The molecule has 3 rings (SSSR count). The molecule has 0 aliphatic carbocycles. The molecule has 170 valence electrons. The van der Waals surface area contributed by atoms with Crippen LogP contribution in [0.4, 0.5) is 13.2 Å². The Labute approximate surface area is 185 Å². The first kappa shape index (κ1) is 23.5. The van der Waals surface area contributed by atoms with E-state index in [0.717, 1.165) is 0 Å². The van der Waals surface area contributed by atoms with E-state index >= 15 is 0 Å². The zero-order valence-electron chi connectivity index (χ0n) is 16.9. The van der Waals surface area contributed by atoms with Crippen molar-refractivity contribution in [1.82, 2.24) is 15.6 Å². The van der Waals surface area contributed by atoms with Crippen molar-refractivity contribution in [2.75, 3.05) is 0 Å². The van der Waals surface area contributed by atoms with Crippen LogP contribution in [0.15, 0.2) is 52.5 Å². The lowest BCUT2D eigenvalue weighted by atomic mass is 9.99. The van der Waals surface area contributed by atoms with E-state index < -0.39 is 29.1 Å². The van der Waals surface area contributed by atoms with E-state index in [1.165, 1.54) is 24.6 Å². The average Bonchev–Trinajstić information content (AvgIpc) is 3.41. The van der Waals surface area contributed by atoms with Gasteiger partial charge in [0.25, 0.3) is 5.91 Å². The SMILES string of the molecule is Cc1csc(C(O)(CC(=O)NCc2cccc(C(=O)NCc3ccco3)c2)C(F)(F)F)n1. The van der Waals surface area contributed by atoms with Gasteiger partial charge in [-0.1, -0.05) is 12.1 Å². The quantitative estimate of drug-likeness (QED) is 0.471. The van der Waals surface area contributed by atoms with Crippen LogP contribution in [0, 0.1) is 6.92 Å². The molecule has 3 N–H and O–H groups in total. The number of aliphatic hydroxyl groups is 1. The summed E-state index contributed by atoms with van der Waals surface area (Å²) in [5.41, 5.74) is -2.25. The molecule has 0 bridgehead atoms. The molecule has 3 aromatic rings. The summed E-state index contributed by atoms with van der Waals surface area (Å²) < 4.78 is 45.7. The number of aryl methyl sites for hydroxylation is 1. The van der Waals surface area contributed by atoms with Crippen LogP contribution in [0.3, 0.4) is 0 Å². The van der Waals surface area contributed by atoms with Gasteiger partial charge in [-0.15, -0.1) is 11.3 Å². The average molecular weight is 467 g/mol. The number of nitrogens with zero attached hydrogens (tertiary/aromatic N) is 1. The minimum absolute atomic E-state index is 0.122.